The Labute approximate surface area is 123 Å². The number of hydrogen-bond donors (Lipinski definition) is 5. The fourth-order valence-electron chi connectivity index (χ4n) is 1.76. The lowest BCUT2D eigenvalue weighted by Crippen LogP contribution is -2.51. The fourth-order valence-corrected chi connectivity index (χ4v) is 1.76. The van der Waals surface area contributed by atoms with Crippen molar-refractivity contribution in [2.75, 3.05) is 13.7 Å². The van der Waals surface area contributed by atoms with Crippen LogP contribution in [0.15, 0.2) is 30.3 Å². The minimum Gasteiger partial charge on any atom is -0.394 e. The summed E-state index contributed by atoms with van der Waals surface area (Å²) in [5, 5.41) is 47.2. The van der Waals surface area contributed by atoms with E-state index in [1.807, 2.05) is 30.3 Å². The molecule has 0 aliphatic carbocycles. The summed E-state index contributed by atoms with van der Waals surface area (Å²) < 4.78 is 10.3. The lowest BCUT2D eigenvalue weighted by atomic mass is 10.0. The third-order valence-corrected chi connectivity index (χ3v) is 3.05. The Morgan fingerprint density at radius 1 is 0.952 bits per heavy atom. The number of aliphatic hydroxyl groups is 5. The number of benzene rings is 1. The van der Waals surface area contributed by atoms with E-state index in [0.717, 1.165) is 5.56 Å². The lowest BCUT2D eigenvalue weighted by Gasteiger charge is -2.30. The zero-order valence-electron chi connectivity index (χ0n) is 11.7. The van der Waals surface area contributed by atoms with E-state index in [2.05, 4.69) is 0 Å². The molecule has 0 aromatic heterocycles. The average molecular weight is 302 g/mol. The number of hydrogen-bond acceptors (Lipinski definition) is 7. The summed E-state index contributed by atoms with van der Waals surface area (Å²) in [7, 11) is 1.28. The molecule has 0 radical (unpaired) electrons. The topological polar surface area (TPSA) is 120 Å². The van der Waals surface area contributed by atoms with Gasteiger partial charge in [-0.1, -0.05) is 30.3 Å². The molecule has 0 heterocycles. The van der Waals surface area contributed by atoms with E-state index in [1.165, 1.54) is 7.11 Å². The van der Waals surface area contributed by atoms with Gasteiger partial charge in [0.2, 0.25) is 0 Å². The number of aliphatic hydroxyl groups excluding tert-OH is 5. The summed E-state index contributed by atoms with van der Waals surface area (Å²) in [6.07, 6.45) is -7.80. The molecule has 1 aromatic rings. The highest BCUT2D eigenvalue weighted by molar-refractivity contribution is 5.13. The van der Waals surface area contributed by atoms with Gasteiger partial charge in [0.1, 0.15) is 24.4 Å². The maximum Gasteiger partial charge on any atom is 0.186 e. The number of rotatable bonds is 9. The summed E-state index contributed by atoms with van der Waals surface area (Å²) in [6, 6.07) is 9.14. The van der Waals surface area contributed by atoms with Crippen LogP contribution in [-0.4, -0.2) is 70.0 Å². The summed E-state index contributed by atoms with van der Waals surface area (Å²) in [4.78, 5) is 0. The molecule has 0 bridgehead atoms. The van der Waals surface area contributed by atoms with E-state index >= 15 is 0 Å². The van der Waals surface area contributed by atoms with Gasteiger partial charge in [-0.05, 0) is 5.56 Å². The maximum atomic E-state index is 9.92. The standard InChI is InChI=1S/C14H22O7/c1-20-14(21-8-9-5-3-2-4-6-9)13(19)12(18)11(17)10(16)7-15/h2-6,10-19H,7-8H2,1H3/t10-,11-,12+,13+,14?/m1/s1. The van der Waals surface area contributed by atoms with Crippen LogP contribution >= 0.6 is 0 Å². The second kappa shape index (κ2) is 9.06. The third-order valence-electron chi connectivity index (χ3n) is 3.05. The molecular weight excluding hydrogens is 280 g/mol. The molecule has 1 unspecified atom stereocenters. The maximum absolute atomic E-state index is 9.92. The molecule has 5 atom stereocenters. The first-order chi connectivity index (χ1) is 10.0. The van der Waals surface area contributed by atoms with Crippen LogP contribution in [0.5, 0.6) is 0 Å². The monoisotopic (exact) mass is 302 g/mol. The molecule has 0 saturated carbocycles. The van der Waals surface area contributed by atoms with Gasteiger partial charge in [-0.25, -0.2) is 0 Å². The van der Waals surface area contributed by atoms with Crippen LogP contribution in [0, 0.1) is 0 Å². The predicted octanol–water partition coefficient (Wildman–Crippen LogP) is -1.39. The Kier molecular flexibility index (Phi) is 7.76. The van der Waals surface area contributed by atoms with Crippen molar-refractivity contribution in [2.24, 2.45) is 0 Å². The molecule has 21 heavy (non-hydrogen) atoms. The van der Waals surface area contributed by atoms with Crippen molar-refractivity contribution in [1.29, 1.82) is 0 Å². The van der Waals surface area contributed by atoms with Crippen molar-refractivity contribution in [3.63, 3.8) is 0 Å². The van der Waals surface area contributed by atoms with Crippen LogP contribution in [0.3, 0.4) is 0 Å². The van der Waals surface area contributed by atoms with Crippen LogP contribution in [0.4, 0.5) is 0 Å². The highest BCUT2D eigenvalue weighted by Crippen LogP contribution is 2.13. The zero-order chi connectivity index (χ0) is 15.8. The molecule has 0 aliphatic rings. The minimum absolute atomic E-state index is 0.141. The van der Waals surface area contributed by atoms with Crippen LogP contribution in [0.25, 0.3) is 0 Å². The van der Waals surface area contributed by atoms with Gasteiger partial charge in [0.15, 0.2) is 6.29 Å². The highest BCUT2D eigenvalue weighted by atomic mass is 16.7. The Morgan fingerprint density at radius 2 is 1.57 bits per heavy atom. The number of ether oxygens (including phenoxy) is 2. The van der Waals surface area contributed by atoms with Crippen LogP contribution in [0.2, 0.25) is 0 Å². The molecular formula is C14H22O7. The molecule has 5 N–H and O–H groups in total. The minimum atomic E-state index is -1.73. The summed E-state index contributed by atoms with van der Waals surface area (Å²) in [5.41, 5.74) is 0.845. The van der Waals surface area contributed by atoms with Crippen molar-refractivity contribution in [3.05, 3.63) is 35.9 Å². The van der Waals surface area contributed by atoms with E-state index in [4.69, 9.17) is 14.6 Å². The van der Waals surface area contributed by atoms with Crippen LogP contribution < -0.4 is 0 Å². The third kappa shape index (κ3) is 5.33. The first-order valence-corrected chi connectivity index (χ1v) is 6.52. The molecule has 1 aromatic carbocycles. The highest BCUT2D eigenvalue weighted by Gasteiger charge is 2.35. The summed E-state index contributed by atoms with van der Waals surface area (Å²) in [6.45, 7) is -0.602. The van der Waals surface area contributed by atoms with Crippen LogP contribution in [0.1, 0.15) is 5.56 Å². The fraction of sp³-hybridized carbons (Fsp3) is 0.571. The number of methoxy groups -OCH3 is 1. The van der Waals surface area contributed by atoms with Gasteiger partial charge < -0.3 is 35.0 Å². The van der Waals surface area contributed by atoms with E-state index in [0.29, 0.717) is 0 Å². The quantitative estimate of drug-likeness (QED) is 0.356. The van der Waals surface area contributed by atoms with Gasteiger partial charge in [0.25, 0.3) is 0 Å². The van der Waals surface area contributed by atoms with Crippen molar-refractivity contribution in [3.8, 4) is 0 Å². The largest absolute Gasteiger partial charge is 0.394 e. The summed E-state index contributed by atoms with van der Waals surface area (Å²) in [5.74, 6) is 0. The molecule has 0 amide bonds. The predicted molar refractivity (Wildman–Crippen MR) is 73.1 cm³/mol. The van der Waals surface area contributed by atoms with Gasteiger partial charge in [-0.2, -0.15) is 0 Å². The molecule has 0 saturated heterocycles. The Bertz CT molecular complexity index is 386. The van der Waals surface area contributed by atoms with E-state index in [1.54, 1.807) is 0 Å². The van der Waals surface area contributed by atoms with E-state index < -0.39 is 37.3 Å². The average Bonchev–Trinajstić information content (AvgIpc) is 2.53. The zero-order valence-corrected chi connectivity index (χ0v) is 11.7. The summed E-state index contributed by atoms with van der Waals surface area (Å²) >= 11 is 0. The second-order valence-corrected chi connectivity index (χ2v) is 4.62. The molecule has 0 spiro atoms. The second-order valence-electron chi connectivity index (χ2n) is 4.62. The van der Waals surface area contributed by atoms with Gasteiger partial charge in [-0.15, -0.1) is 0 Å². The smallest absolute Gasteiger partial charge is 0.186 e. The Balaban J connectivity index is 2.57. The molecule has 1 rings (SSSR count). The van der Waals surface area contributed by atoms with Crippen molar-refractivity contribution in [1.82, 2.24) is 0 Å². The molecule has 120 valence electrons. The lowest BCUT2D eigenvalue weighted by molar-refractivity contribution is -0.226. The Morgan fingerprint density at radius 3 is 2.10 bits per heavy atom. The van der Waals surface area contributed by atoms with Gasteiger partial charge in [0.05, 0.1) is 13.2 Å². The van der Waals surface area contributed by atoms with Crippen molar-refractivity contribution < 1.29 is 35.0 Å². The van der Waals surface area contributed by atoms with E-state index in [9.17, 15) is 20.4 Å². The molecule has 0 fully saturated rings. The SMILES string of the molecule is COC(OCc1ccccc1)[C@@H](O)[C@@H](O)[C@H](O)[C@H](O)CO. The van der Waals surface area contributed by atoms with Crippen molar-refractivity contribution in [2.45, 2.75) is 37.3 Å². The normalized spacial score (nSPS) is 18.8. The van der Waals surface area contributed by atoms with Crippen molar-refractivity contribution >= 4 is 0 Å². The van der Waals surface area contributed by atoms with Crippen LogP contribution in [-0.2, 0) is 16.1 Å². The Hall–Kier alpha value is -1.06. The van der Waals surface area contributed by atoms with Gasteiger partial charge in [-0.3, -0.25) is 0 Å². The molecule has 7 nitrogen and oxygen atoms in total. The van der Waals surface area contributed by atoms with Gasteiger partial charge >= 0.3 is 0 Å². The van der Waals surface area contributed by atoms with Gasteiger partial charge in [0, 0.05) is 7.11 Å². The first-order valence-electron chi connectivity index (χ1n) is 6.52. The van der Waals surface area contributed by atoms with E-state index in [-0.39, 0.29) is 6.61 Å². The molecule has 7 heteroatoms. The first kappa shape index (κ1) is 18.0. The molecule has 0 aliphatic heterocycles.